The van der Waals surface area contributed by atoms with Gasteiger partial charge in [0.15, 0.2) is 17.6 Å². The SMILES string of the molecule is O=C1CC2(CCN(Cc3ccc(C4COc5ccccc5O4)cc3)CC2)C(=O)N1. The van der Waals surface area contributed by atoms with Gasteiger partial charge in [-0.15, -0.1) is 0 Å². The van der Waals surface area contributed by atoms with Crippen molar-refractivity contribution < 1.29 is 19.1 Å². The fourth-order valence-electron chi connectivity index (χ4n) is 4.51. The molecule has 3 aliphatic heterocycles. The third kappa shape index (κ3) is 3.49. The fourth-order valence-corrected chi connectivity index (χ4v) is 4.51. The summed E-state index contributed by atoms with van der Waals surface area (Å²) in [5.41, 5.74) is 1.86. The van der Waals surface area contributed by atoms with Crippen molar-refractivity contribution in [2.45, 2.75) is 31.9 Å². The summed E-state index contributed by atoms with van der Waals surface area (Å²) in [4.78, 5) is 26.0. The number of piperidine rings is 1. The van der Waals surface area contributed by atoms with E-state index in [2.05, 4.69) is 34.5 Å². The second-order valence-electron chi connectivity index (χ2n) is 8.22. The Labute approximate surface area is 169 Å². The van der Waals surface area contributed by atoms with E-state index in [1.807, 2.05) is 24.3 Å². The lowest BCUT2D eigenvalue weighted by molar-refractivity contribution is -0.130. The normalized spacial score (nSPS) is 23.2. The highest BCUT2D eigenvalue weighted by molar-refractivity contribution is 6.05. The molecule has 2 aromatic carbocycles. The summed E-state index contributed by atoms with van der Waals surface area (Å²) >= 11 is 0. The van der Waals surface area contributed by atoms with Crippen molar-refractivity contribution in [1.82, 2.24) is 10.2 Å². The Morgan fingerprint density at radius 3 is 2.41 bits per heavy atom. The van der Waals surface area contributed by atoms with E-state index in [1.165, 1.54) is 5.56 Å². The summed E-state index contributed by atoms with van der Waals surface area (Å²) < 4.78 is 11.9. The van der Waals surface area contributed by atoms with Gasteiger partial charge < -0.3 is 9.47 Å². The molecule has 29 heavy (non-hydrogen) atoms. The molecule has 2 fully saturated rings. The number of carbonyl (C=O) groups excluding carboxylic acids is 2. The molecule has 1 atom stereocenters. The zero-order chi connectivity index (χ0) is 19.8. The topological polar surface area (TPSA) is 67.9 Å². The number of para-hydroxylation sites is 2. The minimum Gasteiger partial charge on any atom is -0.485 e. The van der Waals surface area contributed by atoms with Crippen LogP contribution in [0.15, 0.2) is 48.5 Å². The van der Waals surface area contributed by atoms with Gasteiger partial charge in [-0.1, -0.05) is 36.4 Å². The first-order valence-electron chi connectivity index (χ1n) is 10.2. The van der Waals surface area contributed by atoms with Crippen LogP contribution in [0.1, 0.15) is 36.5 Å². The summed E-state index contributed by atoms with van der Waals surface area (Å²) in [6.45, 7) is 3.01. The lowest BCUT2D eigenvalue weighted by Gasteiger charge is -2.36. The Morgan fingerprint density at radius 2 is 1.72 bits per heavy atom. The Morgan fingerprint density at radius 1 is 1.00 bits per heavy atom. The molecule has 0 aromatic heterocycles. The van der Waals surface area contributed by atoms with E-state index in [0.29, 0.717) is 13.0 Å². The van der Waals surface area contributed by atoms with Gasteiger partial charge in [0, 0.05) is 13.0 Å². The van der Waals surface area contributed by atoms with Crippen molar-refractivity contribution in [2.75, 3.05) is 19.7 Å². The summed E-state index contributed by atoms with van der Waals surface area (Å²) in [6, 6.07) is 16.2. The van der Waals surface area contributed by atoms with Crippen LogP contribution < -0.4 is 14.8 Å². The molecule has 0 radical (unpaired) electrons. The van der Waals surface area contributed by atoms with Crippen molar-refractivity contribution >= 4 is 11.8 Å². The molecule has 1 unspecified atom stereocenters. The molecule has 0 aliphatic carbocycles. The van der Waals surface area contributed by atoms with Crippen LogP contribution in [0.5, 0.6) is 11.5 Å². The minimum atomic E-state index is -0.466. The number of fused-ring (bicyclic) bond motifs is 1. The third-order valence-electron chi connectivity index (χ3n) is 6.31. The van der Waals surface area contributed by atoms with Crippen LogP contribution in [-0.4, -0.2) is 36.4 Å². The van der Waals surface area contributed by atoms with Crippen LogP contribution in [0, 0.1) is 5.41 Å². The molecule has 1 spiro atoms. The number of rotatable bonds is 3. The maximum absolute atomic E-state index is 12.1. The van der Waals surface area contributed by atoms with Gasteiger partial charge in [-0.2, -0.15) is 0 Å². The quantitative estimate of drug-likeness (QED) is 0.814. The lowest BCUT2D eigenvalue weighted by Crippen LogP contribution is -2.43. The highest BCUT2D eigenvalue weighted by Gasteiger charge is 2.48. The maximum Gasteiger partial charge on any atom is 0.233 e. The standard InChI is InChI=1S/C23H24N2O4/c26-21-13-23(22(27)24-21)9-11-25(12-10-23)14-16-5-7-17(8-6-16)20-15-28-18-3-1-2-4-19(18)29-20/h1-8,20H,9-15H2,(H,24,26,27). The molecule has 150 valence electrons. The number of hydrogen-bond acceptors (Lipinski definition) is 5. The number of nitrogens with zero attached hydrogens (tertiary/aromatic N) is 1. The highest BCUT2D eigenvalue weighted by Crippen LogP contribution is 2.39. The number of imide groups is 1. The highest BCUT2D eigenvalue weighted by atomic mass is 16.6. The van der Waals surface area contributed by atoms with Gasteiger partial charge >= 0.3 is 0 Å². The summed E-state index contributed by atoms with van der Waals surface area (Å²) in [6.07, 6.45) is 1.73. The number of amides is 2. The average Bonchev–Trinajstić information content (AvgIpc) is 3.02. The van der Waals surface area contributed by atoms with Crippen molar-refractivity contribution in [3.8, 4) is 11.5 Å². The molecule has 2 saturated heterocycles. The molecular weight excluding hydrogens is 368 g/mol. The third-order valence-corrected chi connectivity index (χ3v) is 6.31. The largest absolute Gasteiger partial charge is 0.485 e. The summed E-state index contributed by atoms with van der Waals surface area (Å²) in [7, 11) is 0. The number of likely N-dealkylation sites (tertiary alicyclic amines) is 1. The van der Waals surface area contributed by atoms with Crippen LogP contribution >= 0.6 is 0 Å². The van der Waals surface area contributed by atoms with E-state index in [-0.39, 0.29) is 17.9 Å². The second-order valence-corrected chi connectivity index (χ2v) is 8.22. The zero-order valence-corrected chi connectivity index (χ0v) is 16.2. The second kappa shape index (κ2) is 7.19. The first kappa shape index (κ1) is 18.2. The van der Waals surface area contributed by atoms with Crippen molar-refractivity contribution in [1.29, 1.82) is 0 Å². The molecule has 3 heterocycles. The van der Waals surface area contributed by atoms with Crippen LogP contribution in [-0.2, 0) is 16.1 Å². The van der Waals surface area contributed by atoms with Gasteiger partial charge in [-0.05, 0) is 49.2 Å². The van der Waals surface area contributed by atoms with Gasteiger partial charge in [0.25, 0.3) is 0 Å². The molecule has 5 rings (SSSR count). The van der Waals surface area contributed by atoms with Gasteiger partial charge in [0.1, 0.15) is 6.61 Å². The van der Waals surface area contributed by atoms with E-state index in [0.717, 1.165) is 49.5 Å². The predicted octanol–water partition coefficient (Wildman–Crippen LogP) is 2.83. The number of ether oxygens (including phenoxy) is 2. The monoisotopic (exact) mass is 392 g/mol. The molecule has 2 amide bonds. The smallest absolute Gasteiger partial charge is 0.233 e. The van der Waals surface area contributed by atoms with E-state index >= 15 is 0 Å². The molecular formula is C23H24N2O4. The summed E-state index contributed by atoms with van der Waals surface area (Å²) in [5, 5.41) is 2.47. The zero-order valence-electron chi connectivity index (χ0n) is 16.2. The minimum absolute atomic E-state index is 0.0808. The van der Waals surface area contributed by atoms with E-state index in [1.54, 1.807) is 0 Å². The number of benzene rings is 2. The Balaban J connectivity index is 1.19. The first-order valence-corrected chi connectivity index (χ1v) is 10.2. The Hall–Kier alpha value is -2.86. The van der Waals surface area contributed by atoms with Gasteiger partial charge in [0.2, 0.25) is 11.8 Å². The van der Waals surface area contributed by atoms with Gasteiger partial charge in [0.05, 0.1) is 5.41 Å². The van der Waals surface area contributed by atoms with Crippen LogP contribution in [0.4, 0.5) is 0 Å². The maximum atomic E-state index is 12.1. The summed E-state index contributed by atoms with van der Waals surface area (Å²) in [5.74, 6) is 1.36. The molecule has 0 bridgehead atoms. The first-order chi connectivity index (χ1) is 14.1. The molecule has 3 aliphatic rings. The van der Waals surface area contributed by atoms with Gasteiger partial charge in [-0.3, -0.25) is 19.8 Å². The van der Waals surface area contributed by atoms with Crippen molar-refractivity contribution in [3.63, 3.8) is 0 Å². The van der Waals surface area contributed by atoms with Gasteiger partial charge in [-0.25, -0.2) is 0 Å². The lowest BCUT2D eigenvalue weighted by atomic mass is 9.77. The Kier molecular flexibility index (Phi) is 4.51. The fraction of sp³-hybridized carbons (Fsp3) is 0.391. The predicted molar refractivity (Wildman–Crippen MR) is 106 cm³/mol. The van der Waals surface area contributed by atoms with Crippen molar-refractivity contribution in [2.24, 2.45) is 5.41 Å². The molecule has 1 N–H and O–H groups in total. The number of nitrogens with one attached hydrogen (secondary N) is 1. The van der Waals surface area contributed by atoms with Crippen LogP contribution in [0.25, 0.3) is 0 Å². The molecule has 6 heteroatoms. The van der Waals surface area contributed by atoms with E-state index < -0.39 is 5.41 Å². The molecule has 0 saturated carbocycles. The van der Waals surface area contributed by atoms with Crippen LogP contribution in [0.2, 0.25) is 0 Å². The van der Waals surface area contributed by atoms with Crippen molar-refractivity contribution in [3.05, 3.63) is 59.7 Å². The molecule has 6 nitrogen and oxygen atoms in total. The number of hydrogen-bond donors (Lipinski definition) is 1. The van der Waals surface area contributed by atoms with E-state index in [4.69, 9.17) is 9.47 Å². The van der Waals surface area contributed by atoms with Crippen LogP contribution in [0.3, 0.4) is 0 Å². The molecule has 2 aromatic rings. The average molecular weight is 392 g/mol. The number of carbonyl (C=O) groups is 2. The van der Waals surface area contributed by atoms with E-state index in [9.17, 15) is 9.59 Å². The Bertz CT molecular complexity index is 932.